The maximum absolute atomic E-state index is 15.4. The van der Waals surface area contributed by atoms with Gasteiger partial charge in [-0.1, -0.05) is 20.8 Å². The van der Waals surface area contributed by atoms with Crippen molar-refractivity contribution >= 4 is 40.2 Å². The van der Waals surface area contributed by atoms with E-state index in [0.29, 0.717) is 29.2 Å². The number of ketones is 1. The Morgan fingerprint density at radius 3 is 2.26 bits per heavy atom. The van der Waals surface area contributed by atoms with Crippen molar-refractivity contribution in [1.29, 1.82) is 5.41 Å². The number of nitrogens with zero attached hydrogens (tertiary/aromatic N) is 2. The average Bonchev–Trinajstić information content (AvgIpc) is 3.14. The van der Waals surface area contributed by atoms with Gasteiger partial charge in [-0.25, -0.2) is 4.39 Å². The van der Waals surface area contributed by atoms with Gasteiger partial charge in [-0.15, -0.1) is 17.0 Å². The maximum atomic E-state index is 15.4. The smallest absolute Gasteiger partial charge is 0.223 e. The predicted octanol–water partition coefficient (Wildman–Crippen LogP) is 5.51. The van der Waals surface area contributed by atoms with E-state index in [1.165, 1.54) is 23.8 Å². The molecule has 0 unspecified atom stereocenters. The molecule has 0 aliphatic carbocycles. The first-order valence-electron chi connectivity index (χ1n) is 12.3. The first-order valence-corrected chi connectivity index (χ1v) is 12.3. The third-order valence-electron chi connectivity index (χ3n) is 6.34. The second-order valence-corrected chi connectivity index (χ2v) is 9.95. The number of amidine groups is 1. The molecule has 1 heterocycles. The van der Waals surface area contributed by atoms with Crippen molar-refractivity contribution in [3.63, 3.8) is 0 Å². The van der Waals surface area contributed by atoms with Crippen LogP contribution in [0, 0.1) is 11.2 Å². The molecule has 1 amide bonds. The average molecular weight is 595 g/mol. The van der Waals surface area contributed by atoms with E-state index in [1.54, 1.807) is 39.1 Å². The molecule has 1 N–H and O–H groups in total. The van der Waals surface area contributed by atoms with Crippen molar-refractivity contribution < 1.29 is 28.2 Å². The van der Waals surface area contributed by atoms with Crippen LogP contribution in [-0.2, 0) is 16.8 Å². The third kappa shape index (κ3) is 5.95. The highest BCUT2D eigenvalue weighted by Gasteiger charge is 2.34. The highest BCUT2D eigenvalue weighted by molar-refractivity contribution is 8.93. The Hall–Kier alpha value is -3.14. The minimum atomic E-state index is -0.660. The molecule has 208 valence electrons. The summed E-state index contributed by atoms with van der Waals surface area (Å²) in [6, 6.07) is 5.08. The molecule has 0 bridgehead atoms. The summed E-state index contributed by atoms with van der Waals surface area (Å²) < 4.78 is 32.1. The first kappa shape index (κ1) is 31.1. The van der Waals surface area contributed by atoms with Gasteiger partial charge in [-0.2, -0.15) is 0 Å². The Labute approximate surface area is 234 Å². The summed E-state index contributed by atoms with van der Waals surface area (Å²) >= 11 is 0. The Balaban J connectivity index is 0.00000507. The highest BCUT2D eigenvalue weighted by Crippen LogP contribution is 2.41. The number of Topliss-reactive ketones (excluding diaryl/α,β-unsaturated/α-hetero) is 1. The van der Waals surface area contributed by atoms with Crippen LogP contribution in [0.4, 0.5) is 10.1 Å². The number of methoxy groups -OCH3 is 1. The fourth-order valence-electron chi connectivity index (χ4n) is 4.39. The van der Waals surface area contributed by atoms with Crippen LogP contribution in [0.15, 0.2) is 18.2 Å². The van der Waals surface area contributed by atoms with Crippen molar-refractivity contribution in [2.75, 3.05) is 38.8 Å². The van der Waals surface area contributed by atoms with E-state index in [0.717, 1.165) is 5.56 Å². The normalized spacial score (nSPS) is 12.6. The van der Waals surface area contributed by atoms with Crippen molar-refractivity contribution in [3.05, 3.63) is 46.3 Å². The van der Waals surface area contributed by atoms with Crippen LogP contribution in [-0.4, -0.2) is 56.3 Å². The van der Waals surface area contributed by atoms with Crippen LogP contribution >= 0.6 is 17.0 Å². The molecule has 0 atom stereocenters. The molecular weight excluding hydrogens is 557 g/mol. The Morgan fingerprint density at radius 2 is 1.74 bits per heavy atom. The molecule has 0 saturated carbocycles. The predicted molar refractivity (Wildman–Crippen MR) is 151 cm³/mol. The molecule has 2 aromatic carbocycles. The van der Waals surface area contributed by atoms with Crippen LogP contribution in [0.3, 0.4) is 0 Å². The Kier molecular flexibility index (Phi) is 9.94. The van der Waals surface area contributed by atoms with Crippen LogP contribution in [0.1, 0.15) is 68.6 Å². The summed E-state index contributed by atoms with van der Waals surface area (Å²) in [6.45, 7) is 11.6. The number of carbonyl (C=O) groups is 2. The van der Waals surface area contributed by atoms with Gasteiger partial charge in [0, 0.05) is 31.6 Å². The molecule has 0 aromatic heterocycles. The molecule has 8 nitrogen and oxygen atoms in total. The molecule has 3 rings (SSSR count). The van der Waals surface area contributed by atoms with Gasteiger partial charge in [-0.05, 0) is 43.0 Å². The largest absolute Gasteiger partial charge is 0.494 e. The van der Waals surface area contributed by atoms with Crippen molar-refractivity contribution in [2.45, 2.75) is 53.5 Å². The summed E-state index contributed by atoms with van der Waals surface area (Å²) in [6.07, 6.45) is 0. The van der Waals surface area contributed by atoms with E-state index >= 15 is 4.39 Å². The van der Waals surface area contributed by atoms with Gasteiger partial charge in [-0.3, -0.25) is 15.0 Å². The summed E-state index contributed by atoms with van der Waals surface area (Å²) in [5.41, 5.74) is 1.94. The van der Waals surface area contributed by atoms with Gasteiger partial charge in [0.05, 0.1) is 38.1 Å². The molecule has 10 heteroatoms. The maximum Gasteiger partial charge on any atom is 0.223 e. The van der Waals surface area contributed by atoms with E-state index < -0.39 is 5.82 Å². The lowest BCUT2D eigenvalue weighted by atomic mass is 9.84. The van der Waals surface area contributed by atoms with Crippen molar-refractivity contribution in [2.24, 2.45) is 0 Å². The zero-order chi connectivity index (χ0) is 27.7. The Bertz CT molecular complexity index is 1240. The lowest BCUT2D eigenvalue weighted by Gasteiger charge is -2.28. The van der Waals surface area contributed by atoms with E-state index in [9.17, 15) is 9.59 Å². The van der Waals surface area contributed by atoms with E-state index in [4.69, 9.17) is 19.6 Å². The first-order chi connectivity index (χ1) is 17.3. The Morgan fingerprint density at radius 1 is 1.11 bits per heavy atom. The SMILES string of the molecule is Br.CCOc1cc2c(c(F)c1OCC)C(=N)N(CC(=O)c1cc(N(C)C(C)=O)c(OC)c(C(C)(C)C)c1)C2. The van der Waals surface area contributed by atoms with Gasteiger partial charge < -0.3 is 24.0 Å². The standard InChI is InChI=1S/C28H36FN3O5.BrH/c1-9-36-22-13-18-14-32(27(30)23(18)24(29)26(22)37-10-2)15-21(34)17-11-19(28(4,5)6)25(35-8)20(12-17)31(7)16(3)33;/h11-13,30H,9-10,14-15H2,1-8H3;1H. The van der Waals surface area contributed by atoms with Gasteiger partial charge in [0.15, 0.2) is 23.1 Å². The van der Waals surface area contributed by atoms with Crippen molar-refractivity contribution in [1.82, 2.24) is 4.90 Å². The second-order valence-electron chi connectivity index (χ2n) is 9.95. The molecular formula is C28H37BrFN3O5. The molecule has 0 fully saturated rings. The quantitative estimate of drug-likeness (QED) is 0.385. The number of nitrogens with one attached hydrogen (secondary N) is 1. The van der Waals surface area contributed by atoms with Crippen LogP contribution in [0.25, 0.3) is 0 Å². The third-order valence-corrected chi connectivity index (χ3v) is 6.34. The van der Waals surface area contributed by atoms with Gasteiger partial charge in [0.1, 0.15) is 11.6 Å². The zero-order valence-corrected chi connectivity index (χ0v) is 25.0. The fraction of sp³-hybridized carbons (Fsp3) is 0.464. The number of carbonyl (C=O) groups excluding carboxylic acids is 2. The molecule has 1 aliphatic heterocycles. The molecule has 0 radical (unpaired) electrons. The minimum absolute atomic E-state index is 0. The zero-order valence-electron chi connectivity index (χ0n) is 23.3. The summed E-state index contributed by atoms with van der Waals surface area (Å²) in [4.78, 5) is 28.7. The number of halogens is 2. The van der Waals surface area contributed by atoms with Crippen molar-refractivity contribution in [3.8, 4) is 17.2 Å². The number of hydrogen-bond acceptors (Lipinski definition) is 6. The highest BCUT2D eigenvalue weighted by atomic mass is 79.9. The van der Waals surface area contributed by atoms with Crippen LogP contribution in [0.2, 0.25) is 0 Å². The molecule has 2 aromatic rings. The number of ether oxygens (including phenoxy) is 3. The number of amides is 1. The molecule has 38 heavy (non-hydrogen) atoms. The van der Waals surface area contributed by atoms with Gasteiger partial charge in [0.2, 0.25) is 5.91 Å². The summed E-state index contributed by atoms with van der Waals surface area (Å²) in [5, 5.41) is 8.62. The number of hydrogen-bond donors (Lipinski definition) is 1. The fourth-order valence-corrected chi connectivity index (χ4v) is 4.39. The topological polar surface area (TPSA) is 92.2 Å². The second kappa shape index (κ2) is 12.1. The summed E-state index contributed by atoms with van der Waals surface area (Å²) in [5.74, 6) is -0.434. The summed E-state index contributed by atoms with van der Waals surface area (Å²) in [7, 11) is 3.16. The number of anilines is 1. The van der Waals surface area contributed by atoms with Crippen LogP contribution in [0.5, 0.6) is 17.2 Å². The van der Waals surface area contributed by atoms with Crippen LogP contribution < -0.4 is 19.1 Å². The minimum Gasteiger partial charge on any atom is -0.494 e. The lowest BCUT2D eigenvalue weighted by Crippen LogP contribution is -2.31. The molecule has 0 spiro atoms. The molecule has 1 aliphatic rings. The monoisotopic (exact) mass is 593 g/mol. The molecule has 0 saturated heterocycles. The van der Waals surface area contributed by atoms with Gasteiger partial charge >= 0.3 is 0 Å². The van der Waals surface area contributed by atoms with Gasteiger partial charge in [0.25, 0.3) is 0 Å². The number of benzene rings is 2. The lowest BCUT2D eigenvalue weighted by molar-refractivity contribution is -0.116. The van der Waals surface area contributed by atoms with E-state index in [1.807, 2.05) is 20.8 Å². The van der Waals surface area contributed by atoms with E-state index in [-0.39, 0.29) is 76.7 Å². The number of fused-ring (bicyclic) bond motifs is 1. The van der Waals surface area contributed by atoms with E-state index in [2.05, 4.69) is 0 Å². The number of rotatable bonds is 9.